The maximum absolute atomic E-state index is 13.3. The van der Waals surface area contributed by atoms with Gasteiger partial charge in [0.15, 0.2) is 12.2 Å². The van der Waals surface area contributed by atoms with Crippen LogP contribution in [0.2, 0.25) is 0 Å². The van der Waals surface area contributed by atoms with Gasteiger partial charge in [0.05, 0.1) is 55.5 Å². The van der Waals surface area contributed by atoms with Crippen molar-refractivity contribution in [2.45, 2.75) is 92.9 Å². The van der Waals surface area contributed by atoms with Gasteiger partial charge in [-0.25, -0.2) is 4.79 Å². The third kappa shape index (κ3) is 12.9. The summed E-state index contributed by atoms with van der Waals surface area (Å²) in [6.07, 6.45) is -1.46. The van der Waals surface area contributed by atoms with Gasteiger partial charge in [-0.1, -0.05) is 13.8 Å². The van der Waals surface area contributed by atoms with Crippen LogP contribution in [0.4, 0.5) is 11.5 Å². The largest absolute Gasteiger partial charge is 0.470 e. The molecule has 0 radical (unpaired) electrons. The number of hydrogen-bond donors (Lipinski definition) is 3. The molecule has 0 bridgehead atoms. The van der Waals surface area contributed by atoms with Gasteiger partial charge in [-0.2, -0.15) is 4.37 Å². The predicted molar refractivity (Wildman–Crippen MR) is 239 cm³/mol. The third-order valence-corrected chi connectivity index (χ3v) is 11.3. The summed E-state index contributed by atoms with van der Waals surface area (Å²) in [7, 11) is 0. The standard InChI is InChI=1S/C44H60N8O11S/c1-10-50(11-2)17-16-45-41(57)38-26(3)35(46-27(38)4)23-33-32-22-30(12-13-34(32)47-40(33)56)62-37(55)15-14-36(54)61-28(5)43(58)63-31(24-52(29(6)53)44(7,8)9)25-60-42-39(48-64-49-42)51-18-20-59-21-19-51/h12-13,22-23,28,31,46H,10-11,14-21,24-25H2,1-9H3,(H,45,57)(H,47,56)/b33-23-/t28-,31-/m0/s1. The van der Waals surface area contributed by atoms with Crippen molar-refractivity contribution in [1.82, 2.24) is 28.8 Å². The van der Waals surface area contributed by atoms with Crippen molar-refractivity contribution < 1.29 is 52.5 Å². The van der Waals surface area contributed by atoms with E-state index in [-0.39, 0.29) is 48.9 Å². The number of carbonyl (C=O) groups is 6. The lowest BCUT2D eigenvalue weighted by atomic mass is 10.0. The number of aryl methyl sites for hydroxylation is 1. The number of anilines is 2. The molecule has 3 amide bonds. The molecule has 1 fully saturated rings. The Morgan fingerprint density at radius 1 is 1.03 bits per heavy atom. The number of aromatic amines is 1. The number of esters is 3. The summed E-state index contributed by atoms with van der Waals surface area (Å²) in [5, 5.41) is 5.79. The lowest BCUT2D eigenvalue weighted by Gasteiger charge is -2.37. The number of rotatable bonds is 20. The van der Waals surface area contributed by atoms with Crippen LogP contribution in [0.3, 0.4) is 0 Å². The minimum absolute atomic E-state index is 0.0195. The van der Waals surface area contributed by atoms with E-state index in [1.165, 1.54) is 19.9 Å². The zero-order chi connectivity index (χ0) is 46.7. The van der Waals surface area contributed by atoms with Crippen molar-refractivity contribution in [3.63, 3.8) is 0 Å². The molecule has 0 aliphatic carbocycles. The van der Waals surface area contributed by atoms with E-state index in [1.807, 2.05) is 32.6 Å². The fourth-order valence-electron chi connectivity index (χ4n) is 7.29. The van der Waals surface area contributed by atoms with Gasteiger partial charge in [-0.3, -0.25) is 24.0 Å². The van der Waals surface area contributed by atoms with E-state index in [0.717, 1.165) is 31.4 Å². The number of morpholine rings is 1. The second-order valence-corrected chi connectivity index (χ2v) is 17.0. The summed E-state index contributed by atoms with van der Waals surface area (Å²) in [5.41, 5.74) is 3.11. The molecule has 5 rings (SSSR count). The van der Waals surface area contributed by atoms with Gasteiger partial charge in [-0.05, 0) is 84.5 Å². The van der Waals surface area contributed by atoms with Gasteiger partial charge in [0.1, 0.15) is 12.4 Å². The molecular formula is C44H60N8O11S. The van der Waals surface area contributed by atoms with Crippen LogP contribution in [0.25, 0.3) is 11.6 Å². The molecule has 3 aromatic rings. The number of nitrogens with zero attached hydrogens (tertiary/aromatic N) is 5. The number of benzene rings is 1. The SMILES string of the molecule is CCN(CC)CCNC(=O)c1c(C)[nH]c(/C=C2\C(=O)Nc3ccc(OC(=O)CCC(=O)O[C@@H](C)C(=O)O[C@H](COc4nsnc4N4CCOCC4)CN(C(C)=O)C(C)(C)C)cc32)c1C. The Labute approximate surface area is 377 Å². The van der Waals surface area contributed by atoms with Gasteiger partial charge in [-0.15, -0.1) is 4.37 Å². The van der Waals surface area contributed by atoms with E-state index in [9.17, 15) is 28.8 Å². The van der Waals surface area contributed by atoms with Crippen molar-refractivity contribution in [3.8, 4) is 11.6 Å². The fourth-order valence-corrected chi connectivity index (χ4v) is 7.81. The molecule has 3 N–H and O–H groups in total. The first-order valence-corrected chi connectivity index (χ1v) is 22.2. The van der Waals surface area contributed by atoms with Crippen LogP contribution in [0.15, 0.2) is 18.2 Å². The second kappa shape index (κ2) is 22.2. The normalized spacial score (nSPS) is 15.3. The van der Waals surface area contributed by atoms with Gasteiger partial charge in [0, 0.05) is 61.3 Å². The zero-order valence-corrected chi connectivity index (χ0v) is 38.9. The monoisotopic (exact) mass is 908 g/mol. The highest BCUT2D eigenvalue weighted by Crippen LogP contribution is 2.37. The van der Waals surface area contributed by atoms with E-state index >= 15 is 0 Å². The Kier molecular flexibility index (Phi) is 17.0. The number of hydrogen-bond acceptors (Lipinski definition) is 16. The second-order valence-electron chi connectivity index (χ2n) is 16.4. The molecule has 4 heterocycles. The Morgan fingerprint density at radius 2 is 1.73 bits per heavy atom. The topological polar surface area (TPSA) is 224 Å². The van der Waals surface area contributed by atoms with E-state index in [0.29, 0.717) is 78.0 Å². The lowest BCUT2D eigenvalue weighted by Crippen LogP contribution is -2.50. The molecule has 0 spiro atoms. The molecule has 1 saturated heterocycles. The van der Waals surface area contributed by atoms with Gasteiger partial charge in [0.2, 0.25) is 11.7 Å². The minimum atomic E-state index is -1.36. The van der Waals surface area contributed by atoms with Gasteiger partial charge < -0.3 is 54.0 Å². The molecule has 2 aliphatic heterocycles. The van der Waals surface area contributed by atoms with Crippen LogP contribution in [-0.4, -0.2) is 143 Å². The van der Waals surface area contributed by atoms with Crippen molar-refractivity contribution >= 4 is 70.5 Å². The van der Waals surface area contributed by atoms with E-state index < -0.39 is 42.1 Å². The molecule has 64 heavy (non-hydrogen) atoms. The van der Waals surface area contributed by atoms with Crippen LogP contribution in [-0.2, 0) is 38.2 Å². The lowest BCUT2D eigenvalue weighted by molar-refractivity contribution is -0.173. The van der Waals surface area contributed by atoms with E-state index in [4.69, 9.17) is 23.7 Å². The number of amides is 3. The molecule has 348 valence electrons. The zero-order valence-electron chi connectivity index (χ0n) is 38.1. The number of likely N-dealkylation sites (N-methyl/N-ethyl adjacent to an activating group) is 1. The molecule has 1 aromatic carbocycles. The number of fused-ring (bicyclic) bond motifs is 1. The quantitative estimate of drug-likeness (QED) is 0.0824. The van der Waals surface area contributed by atoms with Crippen LogP contribution >= 0.6 is 11.7 Å². The highest BCUT2D eigenvalue weighted by molar-refractivity contribution is 6.99. The van der Waals surface area contributed by atoms with Crippen LogP contribution < -0.4 is 25.0 Å². The van der Waals surface area contributed by atoms with Crippen molar-refractivity contribution in [2.24, 2.45) is 0 Å². The molecular weight excluding hydrogens is 849 g/mol. The van der Waals surface area contributed by atoms with Crippen molar-refractivity contribution in [2.75, 3.05) is 75.9 Å². The van der Waals surface area contributed by atoms with Gasteiger partial charge in [0.25, 0.3) is 17.7 Å². The molecule has 2 aliphatic rings. The summed E-state index contributed by atoms with van der Waals surface area (Å²) in [4.78, 5) is 86.9. The number of carbonyl (C=O) groups excluding carboxylic acids is 6. The van der Waals surface area contributed by atoms with E-state index in [2.05, 4.69) is 43.1 Å². The molecule has 20 heteroatoms. The summed E-state index contributed by atoms with van der Waals surface area (Å²) in [6.45, 7) is 21.1. The first-order valence-electron chi connectivity index (χ1n) is 21.4. The Morgan fingerprint density at radius 3 is 2.41 bits per heavy atom. The molecule has 2 atom stereocenters. The smallest absolute Gasteiger partial charge is 0.347 e. The Hall–Kier alpha value is -5.86. The predicted octanol–water partition coefficient (Wildman–Crippen LogP) is 4.14. The molecule has 0 saturated carbocycles. The average molecular weight is 909 g/mol. The van der Waals surface area contributed by atoms with Crippen LogP contribution in [0, 0.1) is 13.8 Å². The molecule has 19 nitrogen and oxygen atoms in total. The van der Waals surface area contributed by atoms with Crippen LogP contribution in [0.1, 0.15) is 94.2 Å². The Bertz CT molecular complexity index is 2200. The van der Waals surface area contributed by atoms with E-state index in [1.54, 1.807) is 30.0 Å². The molecule has 2 aromatic heterocycles. The maximum Gasteiger partial charge on any atom is 0.347 e. The maximum atomic E-state index is 13.3. The number of ether oxygens (including phenoxy) is 5. The minimum Gasteiger partial charge on any atom is -0.470 e. The summed E-state index contributed by atoms with van der Waals surface area (Å²) >= 11 is 0.977. The van der Waals surface area contributed by atoms with Crippen molar-refractivity contribution in [3.05, 3.63) is 46.3 Å². The first kappa shape index (κ1) is 49.2. The first-order chi connectivity index (χ1) is 30.4. The average Bonchev–Trinajstić information content (AvgIpc) is 3.93. The summed E-state index contributed by atoms with van der Waals surface area (Å²) in [6, 6.07) is 4.66. The Balaban J connectivity index is 1.16. The number of H-pyrrole nitrogens is 1. The fraction of sp³-hybridized carbons (Fsp3) is 0.545. The van der Waals surface area contributed by atoms with Gasteiger partial charge >= 0.3 is 17.9 Å². The highest BCUT2D eigenvalue weighted by Gasteiger charge is 2.32. The summed E-state index contributed by atoms with van der Waals surface area (Å²) in [5.74, 6) is -2.37. The highest BCUT2D eigenvalue weighted by atomic mass is 32.1. The van der Waals surface area contributed by atoms with Crippen molar-refractivity contribution in [1.29, 1.82) is 0 Å². The summed E-state index contributed by atoms with van der Waals surface area (Å²) < 4.78 is 36.7. The number of nitrogens with one attached hydrogen (secondary N) is 3. The number of aromatic nitrogens is 3. The molecule has 0 unspecified atom stereocenters. The van der Waals surface area contributed by atoms with Crippen LogP contribution in [0.5, 0.6) is 11.6 Å². The third-order valence-electron chi connectivity index (χ3n) is 10.8.